The molecule has 0 aliphatic carbocycles. The molecule has 0 fully saturated rings. The van der Waals surface area contributed by atoms with Gasteiger partial charge in [-0.1, -0.05) is 115 Å². The first-order valence-corrected chi connectivity index (χ1v) is 12.8. The number of rotatable bonds is 19. The number of benzene rings is 1. The summed E-state index contributed by atoms with van der Waals surface area (Å²) in [5, 5.41) is 24.0. The molecule has 0 aliphatic rings. The molecule has 5 nitrogen and oxygen atoms in total. The van der Waals surface area contributed by atoms with Gasteiger partial charge in [-0.15, -0.1) is 0 Å². The Morgan fingerprint density at radius 3 is 1.50 bits per heavy atom. The third-order valence-corrected chi connectivity index (χ3v) is 5.38. The molecule has 5 heteroatoms. The number of unbranched alkanes of at least 4 members (excludes halogenated alkanes) is 14. The van der Waals surface area contributed by atoms with Gasteiger partial charge in [-0.3, -0.25) is 4.79 Å². The number of carbonyl (C=O) groups is 1. The van der Waals surface area contributed by atoms with E-state index >= 15 is 0 Å². The van der Waals surface area contributed by atoms with Crippen molar-refractivity contribution in [1.29, 1.82) is 0 Å². The Bertz CT molecular complexity index is 502. The Kier molecular flexibility index (Phi) is 23.1. The molecule has 1 aromatic carbocycles. The van der Waals surface area contributed by atoms with Crippen LogP contribution in [0, 0.1) is 0 Å². The maximum atomic E-state index is 11.7. The molecule has 0 bridgehead atoms. The van der Waals surface area contributed by atoms with Crippen LogP contribution in [0.4, 0.5) is 0 Å². The fourth-order valence-corrected chi connectivity index (χ4v) is 3.37. The number of aliphatic hydroxyl groups excluding tert-OH is 3. The van der Waals surface area contributed by atoms with Crippen LogP contribution in [-0.2, 0) is 4.79 Å². The van der Waals surface area contributed by atoms with E-state index in [1.807, 2.05) is 30.3 Å². The minimum atomic E-state index is -0.954. The molecule has 0 saturated heterocycles. The van der Waals surface area contributed by atoms with Gasteiger partial charge in [0, 0.05) is 6.42 Å². The predicted molar refractivity (Wildman–Crippen MR) is 132 cm³/mol. The van der Waals surface area contributed by atoms with Crippen molar-refractivity contribution in [3.63, 3.8) is 0 Å². The van der Waals surface area contributed by atoms with Crippen LogP contribution >= 0.6 is 0 Å². The van der Waals surface area contributed by atoms with E-state index < -0.39 is 6.10 Å². The lowest BCUT2D eigenvalue weighted by Gasteiger charge is -2.04. The lowest BCUT2D eigenvalue weighted by Crippen LogP contribution is -2.15. The normalized spacial score (nSPS) is 10.7. The maximum absolute atomic E-state index is 11.7. The zero-order chi connectivity index (χ0) is 23.7. The van der Waals surface area contributed by atoms with Gasteiger partial charge in [0.05, 0.1) is 13.2 Å². The Morgan fingerprint density at radius 2 is 1.12 bits per heavy atom. The molecule has 0 atom stereocenters. The van der Waals surface area contributed by atoms with Crippen LogP contribution in [0.1, 0.15) is 110 Å². The first-order valence-electron chi connectivity index (χ1n) is 12.8. The van der Waals surface area contributed by atoms with E-state index in [1.165, 1.54) is 83.5 Å². The minimum Gasteiger partial charge on any atom is -0.427 e. The second kappa shape index (κ2) is 24.2. The second-order valence-corrected chi connectivity index (χ2v) is 8.51. The van der Waals surface area contributed by atoms with E-state index in [2.05, 4.69) is 6.92 Å². The highest BCUT2D eigenvalue weighted by molar-refractivity contribution is 5.72. The van der Waals surface area contributed by atoms with Gasteiger partial charge in [0.2, 0.25) is 0 Å². The van der Waals surface area contributed by atoms with E-state index in [4.69, 9.17) is 20.1 Å². The van der Waals surface area contributed by atoms with Gasteiger partial charge in [-0.25, -0.2) is 0 Å². The van der Waals surface area contributed by atoms with E-state index in [1.54, 1.807) is 0 Å². The zero-order valence-electron chi connectivity index (χ0n) is 20.4. The van der Waals surface area contributed by atoms with E-state index in [0.29, 0.717) is 12.2 Å². The average molecular weight is 453 g/mol. The number of hydrogen-bond donors (Lipinski definition) is 3. The molecule has 0 amide bonds. The quantitative estimate of drug-likeness (QED) is 0.132. The van der Waals surface area contributed by atoms with Gasteiger partial charge < -0.3 is 20.1 Å². The van der Waals surface area contributed by atoms with Gasteiger partial charge in [0.15, 0.2) is 0 Å². The summed E-state index contributed by atoms with van der Waals surface area (Å²) in [6.45, 7) is 1.55. The van der Waals surface area contributed by atoms with Crippen molar-refractivity contribution in [3.05, 3.63) is 30.3 Å². The topological polar surface area (TPSA) is 87.0 Å². The largest absolute Gasteiger partial charge is 0.427 e. The summed E-state index contributed by atoms with van der Waals surface area (Å²) in [5.74, 6) is 0.546. The van der Waals surface area contributed by atoms with Crippen LogP contribution in [0.2, 0.25) is 0 Å². The van der Waals surface area contributed by atoms with E-state index in [9.17, 15) is 4.79 Å². The summed E-state index contributed by atoms with van der Waals surface area (Å²) in [6.07, 6.45) is 19.7. The number of para-hydroxylation sites is 1. The molecule has 1 aromatic rings. The van der Waals surface area contributed by atoms with Crippen LogP contribution in [0.5, 0.6) is 5.75 Å². The Balaban J connectivity index is 0.00000140. The molecule has 186 valence electrons. The van der Waals surface area contributed by atoms with Crippen molar-refractivity contribution < 1.29 is 24.9 Å². The average Bonchev–Trinajstić information content (AvgIpc) is 2.82. The molecule has 1 rings (SSSR count). The summed E-state index contributed by atoms with van der Waals surface area (Å²) < 4.78 is 5.29. The molecule has 0 heterocycles. The van der Waals surface area contributed by atoms with Crippen LogP contribution in [0.3, 0.4) is 0 Å². The van der Waals surface area contributed by atoms with Crippen molar-refractivity contribution in [1.82, 2.24) is 0 Å². The standard InChI is InChI=1S/C24H40O2.C3H8O3/c1-2-3-4-5-6-7-8-9-10-11-12-13-14-15-19-22-24(25)26-23-20-17-16-18-21-23;4-1-3(6)2-5/h16-18,20-21H,2-15,19,22H2,1H3;3-6H,1-2H2. The Morgan fingerprint density at radius 1 is 0.719 bits per heavy atom. The van der Waals surface area contributed by atoms with Crippen molar-refractivity contribution in [2.24, 2.45) is 0 Å². The number of ether oxygens (including phenoxy) is 1. The maximum Gasteiger partial charge on any atom is 0.311 e. The minimum absolute atomic E-state index is 0.106. The van der Waals surface area contributed by atoms with Crippen LogP contribution in [-0.4, -0.2) is 40.6 Å². The van der Waals surface area contributed by atoms with Gasteiger partial charge in [-0.2, -0.15) is 0 Å². The highest BCUT2D eigenvalue weighted by Crippen LogP contribution is 2.14. The summed E-state index contributed by atoms with van der Waals surface area (Å²) in [5.41, 5.74) is 0. The highest BCUT2D eigenvalue weighted by Gasteiger charge is 2.04. The molecule has 3 N–H and O–H groups in total. The molecule has 0 aromatic heterocycles. The number of hydrogen-bond acceptors (Lipinski definition) is 5. The Labute approximate surface area is 196 Å². The van der Waals surface area contributed by atoms with Crippen LogP contribution in [0.15, 0.2) is 30.3 Å². The number of aliphatic hydroxyl groups is 3. The molecule has 0 unspecified atom stereocenters. The van der Waals surface area contributed by atoms with Crippen LogP contribution < -0.4 is 4.74 Å². The summed E-state index contributed by atoms with van der Waals surface area (Å²) in [6, 6.07) is 9.34. The third-order valence-electron chi connectivity index (χ3n) is 5.38. The van der Waals surface area contributed by atoms with Crippen molar-refractivity contribution in [2.45, 2.75) is 116 Å². The number of carbonyl (C=O) groups excluding carboxylic acids is 1. The molecule has 0 radical (unpaired) electrons. The molecule has 0 saturated carbocycles. The van der Waals surface area contributed by atoms with E-state index in [0.717, 1.165) is 12.8 Å². The summed E-state index contributed by atoms with van der Waals surface area (Å²) >= 11 is 0. The van der Waals surface area contributed by atoms with Crippen LogP contribution in [0.25, 0.3) is 0 Å². The van der Waals surface area contributed by atoms with Gasteiger partial charge in [0.25, 0.3) is 0 Å². The van der Waals surface area contributed by atoms with Crippen molar-refractivity contribution >= 4 is 5.97 Å². The first-order chi connectivity index (χ1) is 15.6. The molecular formula is C27H48O5. The van der Waals surface area contributed by atoms with Gasteiger partial charge >= 0.3 is 5.97 Å². The monoisotopic (exact) mass is 452 g/mol. The van der Waals surface area contributed by atoms with Gasteiger partial charge in [-0.05, 0) is 18.6 Å². The molecule has 32 heavy (non-hydrogen) atoms. The fraction of sp³-hybridized carbons (Fsp3) is 0.741. The molecule has 0 aliphatic heterocycles. The first kappa shape index (κ1) is 30.6. The lowest BCUT2D eigenvalue weighted by molar-refractivity contribution is -0.134. The highest BCUT2D eigenvalue weighted by atomic mass is 16.5. The third kappa shape index (κ3) is 21.8. The smallest absolute Gasteiger partial charge is 0.311 e. The van der Waals surface area contributed by atoms with E-state index in [-0.39, 0.29) is 19.2 Å². The predicted octanol–water partition coefficient (Wildman–Crippen LogP) is 6.19. The Hall–Kier alpha value is -1.43. The molecule has 0 spiro atoms. The van der Waals surface area contributed by atoms with Crippen molar-refractivity contribution in [2.75, 3.05) is 13.2 Å². The second-order valence-electron chi connectivity index (χ2n) is 8.51. The summed E-state index contributed by atoms with van der Waals surface area (Å²) in [7, 11) is 0. The van der Waals surface area contributed by atoms with Crippen molar-refractivity contribution in [3.8, 4) is 5.75 Å². The number of esters is 1. The molecular weight excluding hydrogens is 404 g/mol. The SMILES string of the molecule is CCCCCCCCCCCCCCCCCC(=O)Oc1ccccc1.OCC(O)CO. The summed E-state index contributed by atoms with van der Waals surface area (Å²) in [4.78, 5) is 11.7. The lowest BCUT2D eigenvalue weighted by atomic mass is 10.0. The van der Waals surface area contributed by atoms with Gasteiger partial charge in [0.1, 0.15) is 11.9 Å². The fourth-order valence-electron chi connectivity index (χ4n) is 3.37. The zero-order valence-corrected chi connectivity index (χ0v) is 20.4.